The minimum absolute atomic E-state index is 0.679. The van der Waals surface area contributed by atoms with Crippen molar-refractivity contribution in [3.05, 3.63) is 59.1 Å². The molecule has 0 amide bonds. The third kappa shape index (κ3) is 2.43. The molecule has 3 rings (SSSR count). The van der Waals surface area contributed by atoms with Crippen LogP contribution in [0.5, 0.6) is 0 Å². The zero-order chi connectivity index (χ0) is 12.4. The molecule has 0 bridgehead atoms. The van der Waals surface area contributed by atoms with Crippen LogP contribution in [-0.2, 0) is 0 Å². The fraction of sp³-hybridized carbons (Fsp3) is 0.250. The molecule has 0 radical (unpaired) electrons. The maximum atomic E-state index is 6.02. The summed E-state index contributed by atoms with van der Waals surface area (Å²) in [5.74, 6) is 0.679. The summed E-state index contributed by atoms with van der Waals surface area (Å²) >= 11 is 6.02. The number of halogens is 1. The number of benzene rings is 2. The van der Waals surface area contributed by atoms with Gasteiger partial charge in [0.2, 0.25) is 0 Å². The Bertz CT molecular complexity index is 527. The Balaban J connectivity index is 1.86. The minimum atomic E-state index is 0.679. The van der Waals surface area contributed by atoms with Gasteiger partial charge in [0.25, 0.3) is 0 Å². The molecule has 1 atom stereocenters. The Hall–Kier alpha value is -1.31. The van der Waals surface area contributed by atoms with Gasteiger partial charge < -0.3 is 5.32 Å². The molecule has 18 heavy (non-hydrogen) atoms. The van der Waals surface area contributed by atoms with E-state index in [1.165, 1.54) is 23.1 Å². The van der Waals surface area contributed by atoms with Crippen molar-refractivity contribution in [1.29, 1.82) is 0 Å². The van der Waals surface area contributed by atoms with E-state index in [9.17, 15) is 0 Å². The van der Waals surface area contributed by atoms with Crippen molar-refractivity contribution in [2.24, 2.45) is 0 Å². The summed E-state index contributed by atoms with van der Waals surface area (Å²) < 4.78 is 0. The molecule has 2 heteroatoms. The Labute approximate surface area is 113 Å². The third-order valence-electron chi connectivity index (χ3n) is 3.60. The van der Waals surface area contributed by atoms with Crippen LogP contribution in [0.15, 0.2) is 48.5 Å². The van der Waals surface area contributed by atoms with Crippen LogP contribution in [0.2, 0.25) is 5.02 Å². The van der Waals surface area contributed by atoms with Crippen molar-refractivity contribution in [1.82, 2.24) is 5.32 Å². The fourth-order valence-corrected chi connectivity index (χ4v) is 2.75. The quantitative estimate of drug-likeness (QED) is 0.855. The van der Waals surface area contributed by atoms with Crippen LogP contribution in [-0.4, -0.2) is 13.1 Å². The first-order valence-electron chi connectivity index (χ1n) is 6.39. The second-order valence-electron chi connectivity index (χ2n) is 4.82. The summed E-state index contributed by atoms with van der Waals surface area (Å²) in [6.45, 7) is 2.25. The lowest BCUT2D eigenvalue weighted by Gasteiger charge is -2.10. The van der Waals surface area contributed by atoms with E-state index in [0.717, 1.165) is 18.1 Å². The summed E-state index contributed by atoms with van der Waals surface area (Å²) in [7, 11) is 0. The van der Waals surface area contributed by atoms with Gasteiger partial charge in [0.15, 0.2) is 0 Å². The van der Waals surface area contributed by atoms with Gasteiger partial charge in [0.05, 0.1) is 0 Å². The molecule has 1 fully saturated rings. The first kappa shape index (κ1) is 11.8. The van der Waals surface area contributed by atoms with Crippen LogP contribution in [0, 0.1) is 0 Å². The third-order valence-corrected chi connectivity index (χ3v) is 3.84. The van der Waals surface area contributed by atoms with Crippen LogP contribution < -0.4 is 5.32 Å². The lowest BCUT2D eigenvalue weighted by atomic mass is 9.96. The smallest absolute Gasteiger partial charge is 0.0412 e. The van der Waals surface area contributed by atoms with Gasteiger partial charge in [-0.05, 0) is 47.7 Å². The van der Waals surface area contributed by atoms with E-state index in [4.69, 9.17) is 11.6 Å². The van der Waals surface area contributed by atoms with Crippen LogP contribution in [0.4, 0.5) is 0 Å². The highest BCUT2D eigenvalue weighted by atomic mass is 35.5. The molecule has 1 saturated heterocycles. The molecule has 0 aromatic heterocycles. The van der Waals surface area contributed by atoms with Gasteiger partial charge in [-0.3, -0.25) is 0 Å². The molecule has 0 aliphatic carbocycles. The Morgan fingerprint density at radius 3 is 2.50 bits per heavy atom. The Morgan fingerprint density at radius 1 is 1.00 bits per heavy atom. The summed E-state index contributed by atoms with van der Waals surface area (Å²) in [6.07, 6.45) is 1.25. The molecule has 0 saturated carbocycles. The minimum Gasteiger partial charge on any atom is -0.316 e. The Morgan fingerprint density at radius 2 is 1.83 bits per heavy atom. The average Bonchev–Trinajstić information content (AvgIpc) is 2.93. The molecule has 1 heterocycles. The van der Waals surface area contributed by atoms with Gasteiger partial charge in [0, 0.05) is 11.6 Å². The first-order chi connectivity index (χ1) is 8.83. The molecule has 1 aliphatic rings. The molecular weight excluding hydrogens is 242 g/mol. The maximum absolute atomic E-state index is 6.02. The lowest BCUT2D eigenvalue weighted by Crippen LogP contribution is -2.07. The van der Waals surface area contributed by atoms with Gasteiger partial charge in [-0.15, -0.1) is 0 Å². The topological polar surface area (TPSA) is 12.0 Å². The molecular formula is C16H16ClN. The van der Waals surface area contributed by atoms with E-state index in [2.05, 4.69) is 35.6 Å². The standard InChI is InChI=1S/C16H16ClN/c17-16-3-1-2-14(10-16)12-4-6-13(7-5-12)15-8-9-18-11-15/h1-7,10,15,18H,8-9,11H2. The van der Waals surface area contributed by atoms with E-state index in [-0.39, 0.29) is 0 Å². The predicted octanol–water partition coefficient (Wildman–Crippen LogP) is 4.08. The summed E-state index contributed by atoms with van der Waals surface area (Å²) in [6, 6.07) is 16.9. The number of hydrogen-bond acceptors (Lipinski definition) is 1. The van der Waals surface area contributed by atoms with Gasteiger partial charge in [-0.2, -0.15) is 0 Å². The molecule has 0 spiro atoms. The van der Waals surface area contributed by atoms with E-state index < -0.39 is 0 Å². The molecule has 1 N–H and O–H groups in total. The zero-order valence-corrected chi connectivity index (χ0v) is 11.0. The number of rotatable bonds is 2. The van der Waals surface area contributed by atoms with Crippen molar-refractivity contribution < 1.29 is 0 Å². The van der Waals surface area contributed by atoms with E-state index in [1.807, 2.05) is 18.2 Å². The van der Waals surface area contributed by atoms with E-state index >= 15 is 0 Å². The normalized spacial score (nSPS) is 19.1. The van der Waals surface area contributed by atoms with Crippen LogP contribution in [0.3, 0.4) is 0 Å². The maximum Gasteiger partial charge on any atom is 0.0412 e. The monoisotopic (exact) mass is 257 g/mol. The number of nitrogens with one attached hydrogen (secondary N) is 1. The van der Waals surface area contributed by atoms with E-state index in [0.29, 0.717) is 5.92 Å². The van der Waals surface area contributed by atoms with Crippen molar-refractivity contribution in [3.63, 3.8) is 0 Å². The van der Waals surface area contributed by atoms with Gasteiger partial charge in [0.1, 0.15) is 0 Å². The molecule has 1 nitrogen and oxygen atoms in total. The summed E-state index contributed by atoms with van der Waals surface area (Å²) in [4.78, 5) is 0. The van der Waals surface area contributed by atoms with Crippen molar-refractivity contribution >= 4 is 11.6 Å². The van der Waals surface area contributed by atoms with Gasteiger partial charge >= 0.3 is 0 Å². The van der Waals surface area contributed by atoms with E-state index in [1.54, 1.807) is 0 Å². The molecule has 92 valence electrons. The van der Waals surface area contributed by atoms with Crippen LogP contribution in [0.25, 0.3) is 11.1 Å². The second-order valence-corrected chi connectivity index (χ2v) is 5.26. The van der Waals surface area contributed by atoms with Gasteiger partial charge in [-0.25, -0.2) is 0 Å². The molecule has 1 aliphatic heterocycles. The zero-order valence-electron chi connectivity index (χ0n) is 10.2. The highest BCUT2D eigenvalue weighted by Gasteiger charge is 2.16. The van der Waals surface area contributed by atoms with Crippen molar-refractivity contribution in [2.45, 2.75) is 12.3 Å². The average molecular weight is 258 g/mol. The van der Waals surface area contributed by atoms with Crippen LogP contribution in [0.1, 0.15) is 17.9 Å². The first-order valence-corrected chi connectivity index (χ1v) is 6.77. The van der Waals surface area contributed by atoms with Crippen LogP contribution >= 0.6 is 11.6 Å². The Kier molecular flexibility index (Phi) is 3.35. The van der Waals surface area contributed by atoms with Crippen molar-refractivity contribution in [3.8, 4) is 11.1 Å². The summed E-state index contributed by atoms with van der Waals surface area (Å²) in [5, 5.41) is 4.20. The summed E-state index contributed by atoms with van der Waals surface area (Å²) in [5.41, 5.74) is 3.84. The lowest BCUT2D eigenvalue weighted by molar-refractivity contribution is 0.763. The predicted molar refractivity (Wildman–Crippen MR) is 77.1 cm³/mol. The molecule has 1 unspecified atom stereocenters. The molecule has 2 aromatic rings. The fourth-order valence-electron chi connectivity index (χ4n) is 2.55. The largest absolute Gasteiger partial charge is 0.316 e. The highest BCUT2D eigenvalue weighted by Crippen LogP contribution is 2.27. The van der Waals surface area contributed by atoms with Crippen molar-refractivity contribution in [2.75, 3.05) is 13.1 Å². The molecule has 2 aromatic carbocycles. The SMILES string of the molecule is Clc1cccc(-c2ccc(C3CCNC3)cc2)c1. The second kappa shape index (κ2) is 5.13. The van der Waals surface area contributed by atoms with Gasteiger partial charge in [-0.1, -0.05) is 48.0 Å². The number of hydrogen-bond donors (Lipinski definition) is 1. The highest BCUT2D eigenvalue weighted by molar-refractivity contribution is 6.30.